The van der Waals surface area contributed by atoms with Gasteiger partial charge in [-0.15, -0.1) is 0 Å². The fraction of sp³-hybridized carbons (Fsp3) is 0.576. The van der Waals surface area contributed by atoms with Gasteiger partial charge in [-0.2, -0.15) is 0 Å². The molecule has 4 unspecified atom stereocenters. The lowest BCUT2D eigenvalue weighted by Crippen LogP contribution is -2.39. The normalized spacial score (nSPS) is 28.2. The molecule has 0 bridgehead atoms. The molecule has 0 saturated heterocycles. The van der Waals surface area contributed by atoms with E-state index in [4.69, 9.17) is 0 Å². The minimum Gasteiger partial charge on any atom is -0.0850 e. The number of benzene rings is 2. The summed E-state index contributed by atoms with van der Waals surface area (Å²) in [5.74, 6) is 3.18. The molecule has 33 heavy (non-hydrogen) atoms. The molecule has 0 aromatic heterocycles. The van der Waals surface area contributed by atoms with Crippen LogP contribution in [0, 0.1) is 29.1 Å². The van der Waals surface area contributed by atoms with Crippen LogP contribution in [0.4, 0.5) is 0 Å². The van der Waals surface area contributed by atoms with Gasteiger partial charge in [-0.05, 0) is 108 Å². The van der Waals surface area contributed by atoms with E-state index >= 15 is 0 Å². The van der Waals surface area contributed by atoms with Crippen LogP contribution in [-0.2, 0) is 19.3 Å². The van der Waals surface area contributed by atoms with E-state index in [1.165, 1.54) is 75.3 Å². The molecule has 0 heteroatoms. The third-order valence-electron chi connectivity index (χ3n) is 9.50. The summed E-state index contributed by atoms with van der Waals surface area (Å²) in [5.41, 5.74) is 10.0. The molecule has 1 fully saturated rings. The van der Waals surface area contributed by atoms with E-state index in [-0.39, 0.29) is 0 Å². The van der Waals surface area contributed by atoms with E-state index in [0.29, 0.717) is 5.41 Å². The molecule has 4 atom stereocenters. The van der Waals surface area contributed by atoms with Crippen LogP contribution in [0.3, 0.4) is 0 Å². The molecular formula is C33H44. The Bertz CT molecular complexity index is 1010. The molecule has 2 aromatic carbocycles. The first kappa shape index (κ1) is 22.9. The Morgan fingerprint density at radius 1 is 0.909 bits per heavy atom. The van der Waals surface area contributed by atoms with Crippen molar-refractivity contribution in [2.45, 2.75) is 91.9 Å². The summed E-state index contributed by atoms with van der Waals surface area (Å²) in [7, 11) is 0. The maximum absolute atomic E-state index is 2.61. The second-order valence-electron chi connectivity index (χ2n) is 12.2. The fourth-order valence-corrected chi connectivity index (χ4v) is 7.54. The highest BCUT2D eigenvalue weighted by Gasteiger charge is 2.43. The van der Waals surface area contributed by atoms with E-state index in [9.17, 15) is 0 Å². The highest BCUT2D eigenvalue weighted by atomic mass is 14.5. The molecule has 0 aliphatic heterocycles. The number of hydrogen-bond donors (Lipinski definition) is 0. The highest BCUT2D eigenvalue weighted by Crippen LogP contribution is 2.53. The summed E-state index contributed by atoms with van der Waals surface area (Å²) < 4.78 is 0. The molecule has 0 spiro atoms. The summed E-state index contributed by atoms with van der Waals surface area (Å²) in [5, 5.41) is 0. The van der Waals surface area contributed by atoms with Crippen LogP contribution in [-0.4, -0.2) is 0 Å². The number of fused-ring (bicyclic) bond motifs is 4. The number of rotatable bonds is 5. The fourth-order valence-electron chi connectivity index (χ4n) is 7.54. The molecule has 2 aromatic rings. The van der Waals surface area contributed by atoms with Crippen LogP contribution >= 0.6 is 0 Å². The third kappa shape index (κ3) is 4.60. The van der Waals surface area contributed by atoms with Gasteiger partial charge in [0.1, 0.15) is 0 Å². The van der Waals surface area contributed by atoms with Crippen LogP contribution in [0.5, 0.6) is 0 Å². The maximum atomic E-state index is 2.61. The van der Waals surface area contributed by atoms with Crippen molar-refractivity contribution < 1.29 is 0 Å². The smallest absolute Gasteiger partial charge is 0.0149 e. The van der Waals surface area contributed by atoms with Crippen molar-refractivity contribution in [3.05, 3.63) is 70.8 Å². The number of hydrogen-bond acceptors (Lipinski definition) is 0. The second-order valence-corrected chi connectivity index (χ2v) is 12.2. The topological polar surface area (TPSA) is 0 Å². The molecule has 0 N–H and O–H groups in total. The molecule has 5 rings (SSSR count). The zero-order valence-corrected chi connectivity index (χ0v) is 21.5. The average molecular weight is 441 g/mol. The molecule has 3 aliphatic carbocycles. The predicted octanol–water partition coefficient (Wildman–Crippen LogP) is 9.21. The first-order valence-electron chi connectivity index (χ1n) is 13.8. The predicted molar refractivity (Wildman–Crippen MR) is 142 cm³/mol. The lowest BCUT2D eigenvalue weighted by Gasteiger charge is -2.48. The van der Waals surface area contributed by atoms with Crippen molar-refractivity contribution in [2.75, 3.05) is 0 Å². The number of allylic oxidation sites excluding steroid dienone is 2. The quantitative estimate of drug-likeness (QED) is 0.321. The van der Waals surface area contributed by atoms with Gasteiger partial charge in [-0.25, -0.2) is 0 Å². The molecule has 3 aliphatic rings. The first-order chi connectivity index (χ1) is 16.0. The Morgan fingerprint density at radius 2 is 1.70 bits per heavy atom. The lowest BCUT2D eigenvalue weighted by atomic mass is 9.56. The molecule has 0 heterocycles. The van der Waals surface area contributed by atoms with Gasteiger partial charge in [0, 0.05) is 0 Å². The summed E-state index contributed by atoms with van der Waals surface area (Å²) in [6.45, 7) is 9.94. The Labute approximate surface area is 202 Å². The summed E-state index contributed by atoms with van der Waals surface area (Å²) in [6, 6.07) is 16.7. The van der Waals surface area contributed by atoms with Crippen molar-refractivity contribution in [3.63, 3.8) is 0 Å². The Hall–Kier alpha value is -1.82. The van der Waals surface area contributed by atoms with Crippen molar-refractivity contribution in [1.29, 1.82) is 0 Å². The monoisotopic (exact) mass is 440 g/mol. The first-order valence-corrected chi connectivity index (χ1v) is 13.8. The van der Waals surface area contributed by atoms with Gasteiger partial charge >= 0.3 is 0 Å². The van der Waals surface area contributed by atoms with Crippen LogP contribution in [0.1, 0.15) is 89.3 Å². The highest BCUT2D eigenvalue weighted by molar-refractivity contribution is 5.72. The van der Waals surface area contributed by atoms with E-state index in [1.807, 2.05) is 0 Å². The molecule has 0 amide bonds. The van der Waals surface area contributed by atoms with Crippen molar-refractivity contribution in [1.82, 2.24) is 0 Å². The minimum absolute atomic E-state index is 0.468. The van der Waals surface area contributed by atoms with Gasteiger partial charge in [0.15, 0.2) is 0 Å². The SMILES string of the molecule is CCCCCc1ccc2c(c1)CC(C1CC3C(=CCCC3(C)C)CC1C)Cc1ccccc1-2. The van der Waals surface area contributed by atoms with Crippen molar-refractivity contribution in [3.8, 4) is 11.1 Å². The van der Waals surface area contributed by atoms with E-state index in [0.717, 1.165) is 23.7 Å². The summed E-state index contributed by atoms with van der Waals surface area (Å²) >= 11 is 0. The maximum Gasteiger partial charge on any atom is -0.0149 e. The van der Waals surface area contributed by atoms with E-state index in [1.54, 1.807) is 22.3 Å². The van der Waals surface area contributed by atoms with Gasteiger partial charge in [-0.3, -0.25) is 0 Å². The summed E-state index contributed by atoms with van der Waals surface area (Å²) in [4.78, 5) is 0. The van der Waals surface area contributed by atoms with Crippen LogP contribution in [0.25, 0.3) is 11.1 Å². The molecule has 176 valence electrons. The average Bonchev–Trinajstić information content (AvgIpc) is 2.95. The Kier molecular flexibility index (Phi) is 6.56. The van der Waals surface area contributed by atoms with Gasteiger partial charge < -0.3 is 0 Å². The van der Waals surface area contributed by atoms with Crippen LogP contribution in [0.15, 0.2) is 54.1 Å². The molecule has 0 nitrogen and oxygen atoms in total. The standard InChI is InChI=1S/C33H44/c1-5-6-7-11-24-15-16-30-27(19-24)21-28(20-25-12-8-9-14-29(25)30)31-22-32-26(18-23(31)2)13-10-17-33(32,3)4/h8-9,12-16,19,23,28,31-32H,5-7,10-11,17-18,20-22H2,1-4H3. The van der Waals surface area contributed by atoms with Crippen molar-refractivity contribution >= 4 is 0 Å². The summed E-state index contributed by atoms with van der Waals surface area (Å²) in [6.07, 6.45) is 15.7. The Morgan fingerprint density at radius 3 is 2.55 bits per heavy atom. The lowest BCUT2D eigenvalue weighted by molar-refractivity contribution is 0.0910. The molecule has 1 saturated carbocycles. The van der Waals surface area contributed by atoms with Gasteiger partial charge in [0.25, 0.3) is 0 Å². The van der Waals surface area contributed by atoms with Crippen LogP contribution in [0.2, 0.25) is 0 Å². The largest absolute Gasteiger partial charge is 0.0850 e. The third-order valence-corrected chi connectivity index (χ3v) is 9.50. The number of aryl methyl sites for hydroxylation is 1. The Balaban J connectivity index is 1.48. The second kappa shape index (κ2) is 9.44. The molecule has 0 radical (unpaired) electrons. The number of unbranched alkanes of at least 4 members (excludes halogenated alkanes) is 2. The van der Waals surface area contributed by atoms with Gasteiger partial charge in [0.05, 0.1) is 0 Å². The van der Waals surface area contributed by atoms with Crippen LogP contribution < -0.4 is 0 Å². The van der Waals surface area contributed by atoms with Gasteiger partial charge in [-0.1, -0.05) is 94.7 Å². The minimum atomic E-state index is 0.468. The van der Waals surface area contributed by atoms with E-state index in [2.05, 4.69) is 76.2 Å². The van der Waals surface area contributed by atoms with Gasteiger partial charge in [0.2, 0.25) is 0 Å². The zero-order valence-electron chi connectivity index (χ0n) is 21.5. The van der Waals surface area contributed by atoms with Crippen molar-refractivity contribution in [2.24, 2.45) is 29.1 Å². The zero-order chi connectivity index (χ0) is 23.0. The molecular weight excluding hydrogens is 396 g/mol. The van der Waals surface area contributed by atoms with E-state index < -0.39 is 0 Å².